The number of aliphatic carboxylic acids is 1. The molecule has 2 saturated heterocycles. The van der Waals surface area contributed by atoms with Gasteiger partial charge in [0, 0.05) is 56.5 Å². The molecule has 1 atom stereocenters. The number of piperidine rings is 1. The van der Waals surface area contributed by atoms with Crippen LogP contribution in [-0.2, 0) is 23.2 Å². The number of likely N-dealkylation sites (tertiary alicyclic amines) is 1. The first-order valence-corrected chi connectivity index (χ1v) is 10.2. The SMILES string of the molecule is Cc1cccc(CN2CCC3(CC2)NC(=O)CC3c2cnn(C)c2)n1.O=C(O)C(F)(F)F. The lowest BCUT2D eigenvalue weighted by molar-refractivity contribution is -0.192. The van der Waals surface area contributed by atoms with E-state index in [0.717, 1.165) is 43.9 Å². The lowest BCUT2D eigenvalue weighted by Crippen LogP contribution is -2.53. The van der Waals surface area contributed by atoms with Crippen LogP contribution in [0.5, 0.6) is 0 Å². The van der Waals surface area contributed by atoms with E-state index in [1.54, 1.807) is 0 Å². The molecule has 2 N–H and O–H groups in total. The van der Waals surface area contributed by atoms with Crippen LogP contribution in [0.3, 0.4) is 0 Å². The van der Waals surface area contributed by atoms with Crippen LogP contribution in [0.15, 0.2) is 30.6 Å². The standard InChI is InChI=1S/C19H25N5O.C2HF3O2/c1-14-4-3-5-16(21-14)13-24-8-6-19(7-9-24)17(10-18(25)22-19)15-11-20-23(2)12-15;3-2(4,5)1(6)7/h3-5,11-12,17H,6-10,13H2,1-2H3,(H,22,25);(H,6,7). The molecule has 32 heavy (non-hydrogen) atoms. The summed E-state index contributed by atoms with van der Waals surface area (Å²) in [5.41, 5.74) is 3.24. The van der Waals surface area contributed by atoms with Crippen molar-refractivity contribution >= 4 is 11.9 Å². The van der Waals surface area contributed by atoms with Gasteiger partial charge in [0.05, 0.1) is 11.9 Å². The number of hydrogen-bond acceptors (Lipinski definition) is 5. The first-order valence-electron chi connectivity index (χ1n) is 10.2. The predicted molar refractivity (Wildman–Crippen MR) is 109 cm³/mol. The van der Waals surface area contributed by atoms with Crippen molar-refractivity contribution < 1.29 is 27.9 Å². The molecule has 0 aromatic carbocycles. The zero-order chi connectivity index (χ0) is 23.5. The fourth-order valence-electron chi connectivity index (χ4n) is 4.35. The molecule has 4 heterocycles. The van der Waals surface area contributed by atoms with Crippen molar-refractivity contribution in [3.05, 3.63) is 47.5 Å². The van der Waals surface area contributed by atoms with Gasteiger partial charge in [0.1, 0.15) is 0 Å². The number of aryl methyl sites for hydroxylation is 2. The maximum atomic E-state index is 12.2. The minimum atomic E-state index is -5.08. The highest BCUT2D eigenvalue weighted by Crippen LogP contribution is 2.43. The van der Waals surface area contributed by atoms with Crippen LogP contribution < -0.4 is 5.32 Å². The number of hydrogen-bond donors (Lipinski definition) is 2. The number of carbonyl (C=O) groups excluding carboxylic acids is 1. The smallest absolute Gasteiger partial charge is 0.475 e. The van der Waals surface area contributed by atoms with Crippen molar-refractivity contribution in [3.63, 3.8) is 0 Å². The Kier molecular flexibility index (Phi) is 6.87. The molecule has 4 rings (SSSR count). The van der Waals surface area contributed by atoms with Gasteiger partial charge in [-0.25, -0.2) is 4.79 Å². The normalized spacial score (nSPS) is 20.5. The largest absolute Gasteiger partial charge is 0.490 e. The summed E-state index contributed by atoms with van der Waals surface area (Å²) >= 11 is 0. The molecule has 0 radical (unpaired) electrons. The van der Waals surface area contributed by atoms with Crippen molar-refractivity contribution in [2.45, 2.75) is 50.4 Å². The van der Waals surface area contributed by atoms with Crippen LogP contribution in [0.1, 0.15) is 42.1 Å². The first kappa shape index (κ1) is 23.7. The summed E-state index contributed by atoms with van der Waals surface area (Å²) in [5.74, 6) is -2.36. The van der Waals surface area contributed by atoms with E-state index in [2.05, 4.69) is 38.6 Å². The molecule has 1 unspecified atom stereocenters. The van der Waals surface area contributed by atoms with Crippen molar-refractivity contribution in [3.8, 4) is 0 Å². The molecule has 1 spiro atoms. The third-order valence-electron chi connectivity index (χ3n) is 5.89. The van der Waals surface area contributed by atoms with Crippen LogP contribution in [-0.4, -0.2) is 61.5 Å². The predicted octanol–water partition coefficient (Wildman–Crippen LogP) is 2.40. The van der Waals surface area contributed by atoms with Gasteiger partial charge in [-0.05, 0) is 37.5 Å². The van der Waals surface area contributed by atoms with Gasteiger partial charge in [-0.2, -0.15) is 18.3 Å². The number of pyridine rings is 1. The second-order valence-corrected chi connectivity index (χ2v) is 8.26. The van der Waals surface area contributed by atoms with Gasteiger partial charge in [0.25, 0.3) is 0 Å². The van der Waals surface area contributed by atoms with Crippen molar-refractivity contribution in [1.82, 2.24) is 25.0 Å². The van der Waals surface area contributed by atoms with Gasteiger partial charge in [-0.1, -0.05) is 6.07 Å². The van der Waals surface area contributed by atoms with Gasteiger partial charge in [0.2, 0.25) is 5.91 Å². The minimum Gasteiger partial charge on any atom is -0.475 e. The Labute approximate surface area is 183 Å². The van der Waals surface area contributed by atoms with Gasteiger partial charge >= 0.3 is 12.1 Å². The van der Waals surface area contributed by atoms with Crippen molar-refractivity contribution in [2.24, 2.45) is 7.05 Å². The molecule has 2 aromatic rings. The summed E-state index contributed by atoms with van der Waals surface area (Å²) in [5, 5.41) is 14.7. The third-order valence-corrected chi connectivity index (χ3v) is 5.89. The number of carboxylic acids is 1. The molecule has 2 aromatic heterocycles. The monoisotopic (exact) mass is 453 g/mol. The molecular formula is C21H26F3N5O3. The van der Waals surface area contributed by atoms with E-state index in [-0.39, 0.29) is 17.4 Å². The number of nitrogens with zero attached hydrogens (tertiary/aromatic N) is 4. The molecular weight excluding hydrogens is 427 g/mol. The molecule has 2 aliphatic heterocycles. The molecule has 1 amide bonds. The van der Waals surface area contributed by atoms with E-state index in [1.807, 2.05) is 30.9 Å². The number of alkyl halides is 3. The van der Waals surface area contributed by atoms with E-state index in [1.165, 1.54) is 5.56 Å². The first-order chi connectivity index (χ1) is 15.0. The highest BCUT2D eigenvalue weighted by molar-refractivity contribution is 5.81. The Hall–Kier alpha value is -2.95. The number of rotatable bonds is 3. The fraction of sp³-hybridized carbons (Fsp3) is 0.524. The number of carbonyl (C=O) groups is 2. The Morgan fingerprint density at radius 1 is 1.31 bits per heavy atom. The molecule has 11 heteroatoms. The molecule has 8 nitrogen and oxygen atoms in total. The van der Waals surface area contributed by atoms with Crippen LogP contribution >= 0.6 is 0 Å². The molecule has 174 valence electrons. The van der Waals surface area contributed by atoms with Crippen LogP contribution in [0, 0.1) is 6.92 Å². The average Bonchev–Trinajstić information content (AvgIpc) is 3.26. The topological polar surface area (TPSA) is 100 Å². The third kappa shape index (κ3) is 5.64. The Morgan fingerprint density at radius 2 is 1.97 bits per heavy atom. The Bertz CT molecular complexity index is 968. The van der Waals surface area contributed by atoms with Crippen molar-refractivity contribution in [2.75, 3.05) is 13.1 Å². The second-order valence-electron chi connectivity index (χ2n) is 8.26. The summed E-state index contributed by atoms with van der Waals surface area (Å²) in [4.78, 5) is 28.1. The maximum absolute atomic E-state index is 12.2. The molecule has 2 aliphatic rings. The summed E-state index contributed by atoms with van der Waals surface area (Å²) < 4.78 is 33.6. The summed E-state index contributed by atoms with van der Waals surface area (Å²) in [6, 6.07) is 6.19. The summed E-state index contributed by atoms with van der Waals surface area (Å²) in [6.07, 6.45) is 1.41. The van der Waals surface area contributed by atoms with E-state index in [4.69, 9.17) is 9.90 Å². The zero-order valence-electron chi connectivity index (χ0n) is 17.9. The highest BCUT2D eigenvalue weighted by Gasteiger charge is 2.49. The van der Waals surface area contributed by atoms with E-state index >= 15 is 0 Å². The quantitative estimate of drug-likeness (QED) is 0.740. The molecule has 2 fully saturated rings. The number of halogens is 3. The number of carboxylic acid groups (broad SMARTS) is 1. The summed E-state index contributed by atoms with van der Waals surface area (Å²) in [7, 11) is 1.93. The maximum Gasteiger partial charge on any atom is 0.490 e. The van der Waals surface area contributed by atoms with E-state index < -0.39 is 12.1 Å². The van der Waals surface area contributed by atoms with Gasteiger partial charge in [0.15, 0.2) is 0 Å². The lowest BCUT2D eigenvalue weighted by atomic mass is 9.75. The number of nitrogens with one attached hydrogen (secondary N) is 1. The number of amides is 1. The summed E-state index contributed by atoms with van der Waals surface area (Å²) in [6.45, 7) is 4.86. The lowest BCUT2D eigenvalue weighted by Gasteiger charge is -2.42. The molecule has 0 aliphatic carbocycles. The van der Waals surface area contributed by atoms with Crippen molar-refractivity contribution in [1.29, 1.82) is 0 Å². The van der Waals surface area contributed by atoms with Crippen LogP contribution in [0.2, 0.25) is 0 Å². The van der Waals surface area contributed by atoms with Gasteiger partial charge < -0.3 is 10.4 Å². The fourth-order valence-corrected chi connectivity index (χ4v) is 4.35. The van der Waals surface area contributed by atoms with Gasteiger partial charge in [-0.3, -0.25) is 19.4 Å². The molecule has 0 saturated carbocycles. The minimum absolute atomic E-state index is 0.114. The zero-order valence-corrected chi connectivity index (χ0v) is 17.9. The highest BCUT2D eigenvalue weighted by atomic mass is 19.4. The average molecular weight is 453 g/mol. The Morgan fingerprint density at radius 3 is 2.50 bits per heavy atom. The van der Waals surface area contributed by atoms with E-state index in [9.17, 15) is 18.0 Å². The van der Waals surface area contributed by atoms with E-state index in [0.29, 0.717) is 6.42 Å². The Balaban J connectivity index is 0.000000360. The van der Waals surface area contributed by atoms with Crippen LogP contribution in [0.25, 0.3) is 0 Å². The molecule has 0 bridgehead atoms. The number of aromatic nitrogens is 3. The van der Waals surface area contributed by atoms with Crippen LogP contribution in [0.4, 0.5) is 13.2 Å². The van der Waals surface area contributed by atoms with Gasteiger partial charge in [-0.15, -0.1) is 0 Å². The second kappa shape index (κ2) is 9.27.